The maximum atomic E-state index is 10.1. The molecule has 0 fully saturated rings. The van der Waals surface area contributed by atoms with Gasteiger partial charge < -0.3 is 0 Å². The standard InChI is InChI=1S/C17H19ClNOS/c1-17(2,3)19(20)12-13-6-4-5-7-16(13)21-15-10-8-14(18)9-11-15/h4-12,20H,1-3H3/q+1. The van der Waals surface area contributed by atoms with Crippen LogP contribution in [0.2, 0.25) is 5.02 Å². The van der Waals surface area contributed by atoms with Gasteiger partial charge in [-0.3, -0.25) is 5.21 Å². The van der Waals surface area contributed by atoms with Gasteiger partial charge in [-0.15, -0.1) is 0 Å². The molecule has 0 radical (unpaired) electrons. The van der Waals surface area contributed by atoms with Crippen molar-refractivity contribution in [2.45, 2.75) is 36.1 Å². The number of hydrogen-bond acceptors (Lipinski definition) is 2. The summed E-state index contributed by atoms with van der Waals surface area (Å²) < 4.78 is 1.24. The molecule has 0 atom stereocenters. The molecule has 0 heterocycles. The Hall–Kier alpha value is -1.45. The highest BCUT2D eigenvalue weighted by Gasteiger charge is 2.24. The van der Waals surface area contributed by atoms with Crippen LogP contribution in [0.4, 0.5) is 0 Å². The van der Waals surface area contributed by atoms with E-state index >= 15 is 0 Å². The number of hydroxylamine groups is 1. The molecule has 0 aliphatic rings. The molecule has 0 aromatic heterocycles. The summed E-state index contributed by atoms with van der Waals surface area (Å²) in [7, 11) is 0. The van der Waals surface area contributed by atoms with Crippen molar-refractivity contribution >= 4 is 29.6 Å². The van der Waals surface area contributed by atoms with Crippen LogP contribution in [0.1, 0.15) is 26.3 Å². The third-order valence-corrected chi connectivity index (χ3v) is 4.26. The maximum absolute atomic E-state index is 10.1. The van der Waals surface area contributed by atoms with Crippen molar-refractivity contribution in [3.63, 3.8) is 0 Å². The Bertz CT molecular complexity index is 645. The molecule has 0 spiro atoms. The fourth-order valence-corrected chi connectivity index (χ4v) is 2.67. The first kappa shape index (κ1) is 15.9. The normalized spacial score (nSPS) is 12.5. The summed E-state index contributed by atoms with van der Waals surface area (Å²) in [4.78, 5) is 2.20. The molecule has 0 aliphatic heterocycles. The fourth-order valence-electron chi connectivity index (χ4n) is 1.64. The van der Waals surface area contributed by atoms with Gasteiger partial charge in [0.2, 0.25) is 11.8 Å². The van der Waals surface area contributed by atoms with Crippen molar-refractivity contribution in [1.29, 1.82) is 0 Å². The van der Waals surface area contributed by atoms with E-state index in [-0.39, 0.29) is 5.54 Å². The molecule has 21 heavy (non-hydrogen) atoms. The van der Waals surface area contributed by atoms with Crippen LogP contribution >= 0.6 is 23.4 Å². The monoisotopic (exact) mass is 320 g/mol. The van der Waals surface area contributed by atoms with E-state index in [0.717, 1.165) is 20.4 Å². The van der Waals surface area contributed by atoms with Gasteiger partial charge >= 0.3 is 0 Å². The third kappa shape index (κ3) is 4.51. The molecular formula is C17H19ClNOS+. The SMILES string of the molecule is CC(C)(C)[N+](O)=Cc1ccccc1Sc1ccc(Cl)cc1. The minimum absolute atomic E-state index is 0.335. The van der Waals surface area contributed by atoms with Gasteiger partial charge in [0.05, 0.1) is 5.56 Å². The highest BCUT2D eigenvalue weighted by molar-refractivity contribution is 7.99. The van der Waals surface area contributed by atoms with Crippen molar-refractivity contribution in [2.24, 2.45) is 0 Å². The molecule has 2 aromatic carbocycles. The molecule has 0 saturated carbocycles. The first-order valence-corrected chi connectivity index (χ1v) is 7.91. The summed E-state index contributed by atoms with van der Waals surface area (Å²) in [5.74, 6) is 0. The molecule has 0 amide bonds. The van der Waals surface area contributed by atoms with E-state index in [0.29, 0.717) is 0 Å². The van der Waals surface area contributed by atoms with E-state index in [4.69, 9.17) is 11.6 Å². The van der Waals surface area contributed by atoms with Crippen molar-refractivity contribution in [1.82, 2.24) is 0 Å². The van der Waals surface area contributed by atoms with E-state index in [9.17, 15) is 5.21 Å². The molecule has 2 rings (SSSR count). The highest BCUT2D eigenvalue weighted by Crippen LogP contribution is 2.30. The molecule has 4 heteroatoms. The molecular weight excluding hydrogens is 302 g/mol. The van der Waals surface area contributed by atoms with Crippen LogP contribution in [0.15, 0.2) is 58.3 Å². The molecule has 1 N–H and O–H groups in total. The second kappa shape index (κ2) is 6.54. The predicted molar refractivity (Wildman–Crippen MR) is 89.0 cm³/mol. The molecule has 0 unspecified atom stereocenters. The van der Waals surface area contributed by atoms with Gasteiger partial charge in [0, 0.05) is 35.6 Å². The lowest BCUT2D eigenvalue weighted by Gasteiger charge is -2.10. The van der Waals surface area contributed by atoms with E-state index in [2.05, 4.69) is 0 Å². The van der Waals surface area contributed by atoms with Gasteiger partial charge in [-0.1, -0.05) is 35.5 Å². The third-order valence-electron chi connectivity index (χ3n) is 2.91. The highest BCUT2D eigenvalue weighted by atomic mass is 35.5. The smallest absolute Gasteiger partial charge is 0.224 e. The van der Waals surface area contributed by atoms with E-state index in [1.165, 1.54) is 4.74 Å². The van der Waals surface area contributed by atoms with E-state index in [1.54, 1.807) is 18.0 Å². The molecule has 0 bridgehead atoms. The van der Waals surface area contributed by atoms with Gasteiger partial charge in [-0.2, -0.15) is 0 Å². The lowest BCUT2D eigenvalue weighted by Crippen LogP contribution is -2.31. The van der Waals surface area contributed by atoms with Gasteiger partial charge in [0.15, 0.2) is 0 Å². The zero-order valence-electron chi connectivity index (χ0n) is 12.4. The van der Waals surface area contributed by atoms with Gasteiger partial charge in [0.1, 0.15) is 0 Å². The first-order chi connectivity index (χ1) is 9.86. The quantitative estimate of drug-likeness (QED) is 0.367. The van der Waals surface area contributed by atoms with Crippen LogP contribution in [0, 0.1) is 0 Å². The summed E-state index contributed by atoms with van der Waals surface area (Å²) in [6, 6.07) is 15.7. The number of hydrogen-bond donors (Lipinski definition) is 1. The van der Waals surface area contributed by atoms with Crippen LogP contribution < -0.4 is 0 Å². The molecule has 0 saturated heterocycles. The van der Waals surface area contributed by atoms with Crippen molar-refractivity contribution in [2.75, 3.05) is 0 Å². The van der Waals surface area contributed by atoms with Gasteiger partial charge in [-0.05, 0) is 41.1 Å². The predicted octanol–water partition coefficient (Wildman–Crippen LogP) is 5.11. The summed E-state index contributed by atoms with van der Waals surface area (Å²) in [6.45, 7) is 5.87. The second-order valence-corrected chi connectivity index (χ2v) is 7.29. The Morgan fingerprint density at radius 3 is 2.29 bits per heavy atom. The number of halogens is 1. The molecule has 2 aromatic rings. The fraction of sp³-hybridized carbons (Fsp3) is 0.235. The average Bonchev–Trinajstić information content (AvgIpc) is 2.42. The Labute approximate surface area is 135 Å². The topological polar surface area (TPSA) is 23.2 Å². The zero-order chi connectivity index (χ0) is 15.5. The van der Waals surface area contributed by atoms with Crippen molar-refractivity contribution in [3.05, 3.63) is 59.1 Å². The Morgan fingerprint density at radius 2 is 1.67 bits per heavy atom. The van der Waals surface area contributed by atoms with Crippen LogP contribution in [0.3, 0.4) is 0 Å². The Kier molecular flexibility index (Phi) is 4.96. The summed E-state index contributed by atoms with van der Waals surface area (Å²) in [5, 5.41) is 10.8. The number of nitrogens with zero attached hydrogens (tertiary/aromatic N) is 1. The minimum Gasteiger partial charge on any atom is -0.290 e. The number of benzene rings is 2. The van der Waals surface area contributed by atoms with Gasteiger partial charge in [0.25, 0.3) is 0 Å². The van der Waals surface area contributed by atoms with E-state index in [1.807, 2.05) is 69.3 Å². The zero-order valence-corrected chi connectivity index (χ0v) is 13.9. The number of rotatable bonds is 3. The summed E-state index contributed by atoms with van der Waals surface area (Å²) >= 11 is 7.56. The summed E-state index contributed by atoms with van der Waals surface area (Å²) in [5.41, 5.74) is 0.646. The Morgan fingerprint density at radius 1 is 1.05 bits per heavy atom. The van der Waals surface area contributed by atoms with Crippen molar-refractivity contribution < 1.29 is 9.95 Å². The molecule has 110 valence electrons. The average molecular weight is 321 g/mol. The van der Waals surface area contributed by atoms with Crippen LogP contribution in [0.25, 0.3) is 0 Å². The van der Waals surface area contributed by atoms with Gasteiger partial charge in [-0.25, -0.2) is 0 Å². The minimum atomic E-state index is -0.335. The Balaban J connectivity index is 2.31. The molecule has 0 aliphatic carbocycles. The lowest BCUT2D eigenvalue weighted by atomic mass is 10.1. The second-order valence-electron chi connectivity index (χ2n) is 5.74. The largest absolute Gasteiger partial charge is 0.290 e. The van der Waals surface area contributed by atoms with Crippen molar-refractivity contribution in [3.8, 4) is 0 Å². The maximum Gasteiger partial charge on any atom is 0.224 e. The molecule has 2 nitrogen and oxygen atoms in total. The van der Waals surface area contributed by atoms with Crippen LogP contribution in [0.5, 0.6) is 0 Å². The first-order valence-electron chi connectivity index (χ1n) is 6.72. The summed E-state index contributed by atoms with van der Waals surface area (Å²) in [6.07, 6.45) is 1.76. The van der Waals surface area contributed by atoms with Crippen LogP contribution in [-0.4, -0.2) is 21.7 Å². The van der Waals surface area contributed by atoms with E-state index < -0.39 is 0 Å². The van der Waals surface area contributed by atoms with Crippen LogP contribution in [-0.2, 0) is 0 Å². The lowest BCUT2D eigenvalue weighted by molar-refractivity contribution is -0.816.